The number of amides is 1. The Labute approximate surface area is 112 Å². The van der Waals surface area contributed by atoms with Crippen LogP contribution in [-0.4, -0.2) is 24.0 Å². The van der Waals surface area contributed by atoms with Gasteiger partial charge in [0.1, 0.15) is 5.75 Å². The Morgan fingerprint density at radius 3 is 2.95 bits per heavy atom. The van der Waals surface area contributed by atoms with Gasteiger partial charge in [0, 0.05) is 11.9 Å². The summed E-state index contributed by atoms with van der Waals surface area (Å²) in [6.07, 6.45) is 1.64. The van der Waals surface area contributed by atoms with E-state index >= 15 is 0 Å². The highest BCUT2D eigenvalue weighted by atomic mass is 16.5. The summed E-state index contributed by atoms with van der Waals surface area (Å²) in [4.78, 5) is 15.8. The molecule has 100 valence electrons. The van der Waals surface area contributed by atoms with Gasteiger partial charge in [0.25, 0.3) is 5.91 Å². The average Bonchev–Trinajstić information content (AvgIpc) is 2.42. The highest BCUT2D eigenvalue weighted by Gasteiger charge is 2.04. The third-order valence-electron chi connectivity index (χ3n) is 2.64. The molecule has 0 radical (unpaired) electrons. The minimum atomic E-state index is -0.109. The number of rotatable bonds is 5. The van der Waals surface area contributed by atoms with Crippen molar-refractivity contribution in [2.24, 2.45) is 5.92 Å². The lowest BCUT2D eigenvalue weighted by Crippen LogP contribution is -2.31. The molecule has 0 spiro atoms. The standard InChI is InChI=1S/C15H18N2O2/c1-11(2)8-17-15(18)10-19-13-7-12-5-3-4-6-14(12)16-9-13/h3-7,9,11H,8,10H2,1-2H3,(H,17,18). The number of nitrogens with one attached hydrogen (secondary N) is 1. The molecule has 0 aliphatic rings. The summed E-state index contributed by atoms with van der Waals surface area (Å²) < 4.78 is 5.43. The molecule has 0 bridgehead atoms. The van der Waals surface area contributed by atoms with E-state index in [9.17, 15) is 4.79 Å². The Morgan fingerprint density at radius 2 is 2.16 bits per heavy atom. The molecular formula is C15H18N2O2. The first-order valence-electron chi connectivity index (χ1n) is 6.39. The number of benzene rings is 1. The van der Waals surface area contributed by atoms with Gasteiger partial charge in [0.15, 0.2) is 6.61 Å². The van der Waals surface area contributed by atoms with Gasteiger partial charge in [-0.05, 0) is 18.1 Å². The van der Waals surface area contributed by atoms with Gasteiger partial charge in [-0.25, -0.2) is 0 Å². The van der Waals surface area contributed by atoms with Crippen molar-refractivity contribution >= 4 is 16.8 Å². The highest BCUT2D eigenvalue weighted by molar-refractivity contribution is 5.80. The first kappa shape index (κ1) is 13.3. The smallest absolute Gasteiger partial charge is 0.257 e. The van der Waals surface area contributed by atoms with E-state index in [1.807, 2.05) is 44.2 Å². The van der Waals surface area contributed by atoms with Gasteiger partial charge in [0.05, 0.1) is 11.7 Å². The Morgan fingerprint density at radius 1 is 1.37 bits per heavy atom. The SMILES string of the molecule is CC(C)CNC(=O)COc1cnc2ccccc2c1. The molecule has 0 saturated carbocycles. The number of hydrogen-bond acceptors (Lipinski definition) is 3. The van der Waals surface area contributed by atoms with E-state index < -0.39 is 0 Å². The molecule has 0 unspecified atom stereocenters. The number of aromatic nitrogens is 1. The zero-order valence-corrected chi connectivity index (χ0v) is 11.2. The lowest BCUT2D eigenvalue weighted by atomic mass is 10.2. The molecule has 0 atom stereocenters. The van der Waals surface area contributed by atoms with Crippen molar-refractivity contribution in [3.05, 3.63) is 36.5 Å². The minimum absolute atomic E-state index is 0.0206. The van der Waals surface area contributed by atoms with Crippen LogP contribution in [0.15, 0.2) is 36.5 Å². The summed E-state index contributed by atoms with van der Waals surface area (Å²) >= 11 is 0. The van der Waals surface area contributed by atoms with E-state index in [0.29, 0.717) is 18.2 Å². The van der Waals surface area contributed by atoms with Crippen molar-refractivity contribution in [1.82, 2.24) is 10.3 Å². The fourth-order valence-electron chi connectivity index (χ4n) is 1.65. The molecule has 4 heteroatoms. The Bertz CT molecular complexity index is 567. The van der Waals surface area contributed by atoms with E-state index in [4.69, 9.17) is 4.74 Å². The molecule has 4 nitrogen and oxygen atoms in total. The lowest BCUT2D eigenvalue weighted by molar-refractivity contribution is -0.123. The topological polar surface area (TPSA) is 51.2 Å². The second kappa shape index (κ2) is 6.18. The Balaban J connectivity index is 1.92. The molecule has 0 aliphatic carbocycles. The van der Waals surface area contributed by atoms with Crippen LogP contribution in [0.1, 0.15) is 13.8 Å². The van der Waals surface area contributed by atoms with Gasteiger partial charge in [-0.15, -0.1) is 0 Å². The minimum Gasteiger partial charge on any atom is -0.482 e. The first-order valence-corrected chi connectivity index (χ1v) is 6.39. The van der Waals surface area contributed by atoms with E-state index in [1.165, 1.54) is 0 Å². The van der Waals surface area contributed by atoms with E-state index in [0.717, 1.165) is 10.9 Å². The van der Waals surface area contributed by atoms with Crippen molar-refractivity contribution in [3.8, 4) is 5.75 Å². The molecule has 0 aliphatic heterocycles. The molecule has 2 rings (SSSR count). The van der Waals surface area contributed by atoms with Crippen molar-refractivity contribution in [2.45, 2.75) is 13.8 Å². The lowest BCUT2D eigenvalue weighted by Gasteiger charge is -2.09. The normalized spacial score (nSPS) is 10.7. The predicted octanol–water partition coefficient (Wildman–Crippen LogP) is 2.39. The fraction of sp³-hybridized carbons (Fsp3) is 0.333. The van der Waals surface area contributed by atoms with Crippen molar-refractivity contribution in [1.29, 1.82) is 0 Å². The number of carbonyl (C=O) groups is 1. The molecule has 0 fully saturated rings. The number of fused-ring (bicyclic) bond motifs is 1. The second-order valence-corrected chi connectivity index (χ2v) is 4.85. The summed E-state index contributed by atoms with van der Waals surface area (Å²) in [5.41, 5.74) is 0.916. The van der Waals surface area contributed by atoms with Crippen molar-refractivity contribution in [3.63, 3.8) is 0 Å². The number of carbonyl (C=O) groups excluding carboxylic acids is 1. The van der Waals surface area contributed by atoms with Gasteiger partial charge < -0.3 is 10.1 Å². The number of ether oxygens (including phenoxy) is 1. The molecule has 19 heavy (non-hydrogen) atoms. The number of pyridine rings is 1. The molecule has 0 saturated heterocycles. The van der Waals surface area contributed by atoms with E-state index in [1.54, 1.807) is 6.20 Å². The molecule has 1 amide bonds. The molecule has 1 aromatic carbocycles. The number of hydrogen-bond donors (Lipinski definition) is 1. The van der Waals surface area contributed by atoms with Crippen LogP contribution in [0.2, 0.25) is 0 Å². The van der Waals surface area contributed by atoms with Gasteiger partial charge in [-0.3, -0.25) is 9.78 Å². The maximum atomic E-state index is 11.5. The summed E-state index contributed by atoms with van der Waals surface area (Å²) in [5.74, 6) is 0.937. The molecular weight excluding hydrogens is 240 g/mol. The quantitative estimate of drug-likeness (QED) is 0.895. The van der Waals surface area contributed by atoms with Gasteiger partial charge in [-0.2, -0.15) is 0 Å². The van der Waals surface area contributed by atoms with Crippen LogP contribution in [0, 0.1) is 5.92 Å². The molecule has 1 aromatic heterocycles. The maximum Gasteiger partial charge on any atom is 0.257 e. The third kappa shape index (κ3) is 3.95. The van der Waals surface area contributed by atoms with Crippen LogP contribution in [0.4, 0.5) is 0 Å². The molecule has 1 heterocycles. The van der Waals surface area contributed by atoms with Gasteiger partial charge in [-0.1, -0.05) is 32.0 Å². The van der Waals surface area contributed by atoms with Gasteiger partial charge in [0.2, 0.25) is 0 Å². The number of nitrogens with zero attached hydrogens (tertiary/aromatic N) is 1. The first-order chi connectivity index (χ1) is 9.15. The zero-order chi connectivity index (χ0) is 13.7. The summed E-state index contributed by atoms with van der Waals surface area (Å²) in [6, 6.07) is 9.68. The average molecular weight is 258 g/mol. The van der Waals surface area contributed by atoms with Gasteiger partial charge >= 0.3 is 0 Å². The predicted molar refractivity (Wildman–Crippen MR) is 75.1 cm³/mol. The molecule has 1 N–H and O–H groups in total. The van der Waals surface area contributed by atoms with Crippen LogP contribution < -0.4 is 10.1 Å². The van der Waals surface area contributed by atoms with E-state index in [-0.39, 0.29) is 12.5 Å². The third-order valence-corrected chi connectivity index (χ3v) is 2.64. The maximum absolute atomic E-state index is 11.5. The fourth-order valence-corrected chi connectivity index (χ4v) is 1.65. The Kier molecular flexibility index (Phi) is 4.34. The molecule has 2 aromatic rings. The monoisotopic (exact) mass is 258 g/mol. The van der Waals surface area contributed by atoms with Crippen LogP contribution in [0.25, 0.3) is 10.9 Å². The van der Waals surface area contributed by atoms with Crippen LogP contribution >= 0.6 is 0 Å². The van der Waals surface area contributed by atoms with E-state index in [2.05, 4.69) is 10.3 Å². The van der Waals surface area contributed by atoms with Crippen molar-refractivity contribution in [2.75, 3.05) is 13.2 Å². The summed E-state index contributed by atoms with van der Waals surface area (Å²) in [5, 5.41) is 3.81. The van der Waals surface area contributed by atoms with Crippen LogP contribution in [0.5, 0.6) is 5.75 Å². The van der Waals surface area contributed by atoms with Crippen molar-refractivity contribution < 1.29 is 9.53 Å². The zero-order valence-electron chi connectivity index (χ0n) is 11.2. The second-order valence-electron chi connectivity index (χ2n) is 4.85. The number of para-hydroxylation sites is 1. The summed E-state index contributed by atoms with van der Waals surface area (Å²) in [7, 11) is 0. The summed E-state index contributed by atoms with van der Waals surface area (Å²) in [6.45, 7) is 4.79. The highest BCUT2D eigenvalue weighted by Crippen LogP contribution is 2.17. The van der Waals surface area contributed by atoms with Crippen LogP contribution in [0.3, 0.4) is 0 Å². The Hall–Kier alpha value is -2.10. The largest absolute Gasteiger partial charge is 0.482 e. The van der Waals surface area contributed by atoms with Crippen LogP contribution in [-0.2, 0) is 4.79 Å².